The summed E-state index contributed by atoms with van der Waals surface area (Å²) in [6, 6.07) is 13.6. The van der Waals surface area contributed by atoms with Crippen LogP contribution in [0.4, 0.5) is 5.69 Å². The Morgan fingerprint density at radius 3 is 2.74 bits per heavy atom. The van der Waals surface area contributed by atoms with Crippen LogP contribution in [-0.4, -0.2) is 23.8 Å². The predicted octanol–water partition coefficient (Wildman–Crippen LogP) is 2.35. The lowest BCUT2D eigenvalue weighted by molar-refractivity contribution is -0.115. The smallest absolute Gasteiger partial charge is 0.250 e. The van der Waals surface area contributed by atoms with Crippen LogP contribution in [0, 0.1) is 0 Å². The normalized spacial score (nSPS) is 12.0. The Morgan fingerprint density at radius 1 is 1.07 bits per heavy atom. The lowest BCUT2D eigenvalue weighted by Gasteiger charge is -2.07. The van der Waals surface area contributed by atoms with Gasteiger partial charge in [0, 0.05) is 11.6 Å². The number of anilines is 1. The molecule has 27 heavy (non-hydrogen) atoms. The van der Waals surface area contributed by atoms with E-state index in [2.05, 4.69) is 10.5 Å². The Balaban J connectivity index is 1.47. The Labute approximate surface area is 153 Å². The van der Waals surface area contributed by atoms with Crippen LogP contribution >= 0.6 is 0 Å². The Kier molecular flexibility index (Phi) is 4.21. The maximum absolute atomic E-state index is 12.3. The Hall–Kier alpha value is -3.81. The minimum atomic E-state index is -0.613. The number of ether oxygens (including phenoxy) is 2. The quantitative estimate of drug-likeness (QED) is 0.717. The molecule has 8 nitrogen and oxygen atoms in total. The first-order chi connectivity index (χ1) is 13.1. The number of nitrogens with zero attached hydrogens (tertiary/aromatic N) is 1. The molecule has 0 atom stereocenters. The van der Waals surface area contributed by atoms with Gasteiger partial charge in [0.1, 0.15) is 0 Å². The maximum Gasteiger partial charge on any atom is 0.250 e. The van der Waals surface area contributed by atoms with E-state index in [9.17, 15) is 9.59 Å². The van der Waals surface area contributed by atoms with E-state index >= 15 is 0 Å². The fraction of sp³-hybridized carbons (Fsp3) is 0.105. The van der Waals surface area contributed by atoms with Gasteiger partial charge in [-0.05, 0) is 30.3 Å². The highest BCUT2D eigenvalue weighted by Gasteiger charge is 2.17. The molecule has 1 aliphatic rings. The standard InChI is InChI=1S/C19H15N3O5/c20-19(24)13-3-1-2-4-14(13)21-18(23)9-12-8-16(27-22-12)11-5-6-15-17(7-11)26-10-25-15/h1-8H,9-10H2,(H2,20,24)(H,21,23). The summed E-state index contributed by atoms with van der Waals surface area (Å²) >= 11 is 0. The zero-order chi connectivity index (χ0) is 18.8. The van der Waals surface area contributed by atoms with Gasteiger partial charge in [-0.1, -0.05) is 17.3 Å². The highest BCUT2D eigenvalue weighted by molar-refractivity contribution is 6.03. The van der Waals surface area contributed by atoms with Crippen molar-refractivity contribution >= 4 is 17.5 Å². The average molecular weight is 365 g/mol. The maximum atomic E-state index is 12.3. The Morgan fingerprint density at radius 2 is 1.89 bits per heavy atom. The van der Waals surface area contributed by atoms with Crippen molar-refractivity contribution in [2.75, 3.05) is 12.1 Å². The number of nitrogens with one attached hydrogen (secondary N) is 1. The van der Waals surface area contributed by atoms with Crippen molar-refractivity contribution in [2.45, 2.75) is 6.42 Å². The van der Waals surface area contributed by atoms with Gasteiger partial charge < -0.3 is 25.0 Å². The van der Waals surface area contributed by atoms with Gasteiger partial charge in [0.25, 0.3) is 5.91 Å². The third kappa shape index (κ3) is 3.45. The molecule has 0 aliphatic carbocycles. The zero-order valence-corrected chi connectivity index (χ0v) is 14.1. The van der Waals surface area contributed by atoms with Crippen molar-refractivity contribution in [3.05, 3.63) is 59.8 Å². The topological polar surface area (TPSA) is 117 Å². The fourth-order valence-corrected chi connectivity index (χ4v) is 2.75. The number of amides is 2. The molecule has 2 aromatic carbocycles. The Bertz CT molecular complexity index is 1030. The summed E-state index contributed by atoms with van der Waals surface area (Å²) in [5.41, 5.74) is 7.13. The van der Waals surface area contributed by atoms with E-state index in [-0.39, 0.29) is 24.7 Å². The van der Waals surface area contributed by atoms with Crippen molar-refractivity contribution in [1.82, 2.24) is 5.16 Å². The number of nitrogens with two attached hydrogens (primary N) is 1. The van der Waals surface area contributed by atoms with Gasteiger partial charge in [-0.15, -0.1) is 0 Å². The summed E-state index contributed by atoms with van der Waals surface area (Å²) < 4.78 is 15.9. The minimum Gasteiger partial charge on any atom is -0.454 e. The van der Waals surface area contributed by atoms with Crippen molar-refractivity contribution in [2.24, 2.45) is 5.73 Å². The van der Waals surface area contributed by atoms with Crippen molar-refractivity contribution in [1.29, 1.82) is 0 Å². The molecule has 0 fully saturated rings. The first-order valence-electron chi connectivity index (χ1n) is 8.14. The van der Waals surface area contributed by atoms with E-state index in [0.717, 1.165) is 5.56 Å². The van der Waals surface area contributed by atoms with E-state index in [1.165, 1.54) is 0 Å². The van der Waals surface area contributed by atoms with Gasteiger partial charge >= 0.3 is 0 Å². The number of aromatic nitrogens is 1. The van der Waals surface area contributed by atoms with Crippen LogP contribution in [0.5, 0.6) is 11.5 Å². The summed E-state index contributed by atoms with van der Waals surface area (Å²) in [7, 11) is 0. The van der Waals surface area contributed by atoms with Crippen LogP contribution in [0.3, 0.4) is 0 Å². The van der Waals surface area contributed by atoms with Crippen molar-refractivity contribution in [3.63, 3.8) is 0 Å². The number of para-hydroxylation sites is 1. The van der Waals surface area contributed by atoms with Gasteiger partial charge in [-0.25, -0.2) is 0 Å². The molecular weight excluding hydrogens is 350 g/mol. The first kappa shape index (κ1) is 16.6. The minimum absolute atomic E-state index is 0.0127. The van der Waals surface area contributed by atoms with E-state index in [1.807, 2.05) is 6.07 Å². The van der Waals surface area contributed by atoms with Gasteiger partial charge in [-0.2, -0.15) is 0 Å². The van der Waals surface area contributed by atoms with Crippen LogP contribution in [0.2, 0.25) is 0 Å². The summed E-state index contributed by atoms with van der Waals surface area (Å²) in [5, 5.41) is 6.59. The molecular formula is C19H15N3O5. The van der Waals surface area contributed by atoms with Crippen molar-refractivity contribution < 1.29 is 23.6 Å². The molecule has 1 aliphatic heterocycles. The second-order valence-corrected chi connectivity index (χ2v) is 5.89. The van der Waals surface area contributed by atoms with Gasteiger partial charge in [0.2, 0.25) is 12.7 Å². The number of benzene rings is 2. The van der Waals surface area contributed by atoms with Crippen LogP contribution in [0.25, 0.3) is 11.3 Å². The fourth-order valence-electron chi connectivity index (χ4n) is 2.75. The molecule has 0 saturated carbocycles. The van der Waals surface area contributed by atoms with E-state index in [0.29, 0.717) is 28.6 Å². The van der Waals surface area contributed by atoms with Gasteiger partial charge in [0.05, 0.1) is 23.4 Å². The molecule has 2 heterocycles. The van der Waals surface area contributed by atoms with Crippen LogP contribution in [0.15, 0.2) is 53.1 Å². The number of hydrogen-bond donors (Lipinski definition) is 2. The lowest BCUT2D eigenvalue weighted by Crippen LogP contribution is -2.19. The number of fused-ring (bicyclic) bond motifs is 1. The monoisotopic (exact) mass is 365 g/mol. The third-order valence-corrected chi connectivity index (χ3v) is 4.02. The molecule has 0 saturated heterocycles. The second-order valence-electron chi connectivity index (χ2n) is 5.89. The summed E-state index contributed by atoms with van der Waals surface area (Å²) in [6.45, 7) is 0.188. The summed E-state index contributed by atoms with van der Waals surface area (Å²) in [4.78, 5) is 23.7. The van der Waals surface area contributed by atoms with Crippen molar-refractivity contribution in [3.8, 4) is 22.8 Å². The van der Waals surface area contributed by atoms with Crippen LogP contribution < -0.4 is 20.5 Å². The van der Waals surface area contributed by atoms with Crippen LogP contribution in [0.1, 0.15) is 16.1 Å². The van der Waals surface area contributed by atoms with E-state index in [4.69, 9.17) is 19.7 Å². The van der Waals surface area contributed by atoms with Gasteiger partial charge in [0.15, 0.2) is 17.3 Å². The molecule has 0 unspecified atom stereocenters. The molecule has 3 N–H and O–H groups in total. The molecule has 0 radical (unpaired) electrons. The zero-order valence-electron chi connectivity index (χ0n) is 14.1. The summed E-state index contributed by atoms with van der Waals surface area (Å²) in [5.74, 6) is 0.859. The largest absolute Gasteiger partial charge is 0.454 e. The van der Waals surface area contributed by atoms with E-state index in [1.54, 1.807) is 42.5 Å². The van der Waals surface area contributed by atoms with E-state index < -0.39 is 5.91 Å². The predicted molar refractivity (Wildman–Crippen MR) is 95.4 cm³/mol. The first-order valence-corrected chi connectivity index (χ1v) is 8.14. The molecule has 4 rings (SSSR count). The second kappa shape index (κ2) is 6.83. The SMILES string of the molecule is NC(=O)c1ccccc1NC(=O)Cc1cc(-c2ccc3c(c2)OCO3)on1. The number of carbonyl (C=O) groups is 2. The lowest BCUT2D eigenvalue weighted by atomic mass is 10.1. The van der Waals surface area contributed by atoms with Gasteiger partial charge in [-0.3, -0.25) is 9.59 Å². The molecule has 136 valence electrons. The number of carbonyl (C=O) groups excluding carboxylic acids is 2. The molecule has 8 heteroatoms. The van der Waals surface area contributed by atoms with Crippen LogP contribution in [-0.2, 0) is 11.2 Å². The molecule has 3 aromatic rings. The molecule has 2 amide bonds. The molecule has 1 aromatic heterocycles. The number of rotatable bonds is 5. The third-order valence-electron chi connectivity index (χ3n) is 4.02. The number of hydrogen-bond acceptors (Lipinski definition) is 6. The highest BCUT2D eigenvalue weighted by atomic mass is 16.7. The number of primary amides is 1. The average Bonchev–Trinajstić information content (AvgIpc) is 3.30. The molecule has 0 spiro atoms. The summed E-state index contributed by atoms with van der Waals surface area (Å²) in [6.07, 6.45) is -0.0127. The highest BCUT2D eigenvalue weighted by Crippen LogP contribution is 2.36. The molecule has 0 bridgehead atoms.